The van der Waals surface area contributed by atoms with Crippen LogP contribution >= 0.6 is 0 Å². The highest BCUT2D eigenvalue weighted by atomic mass is 19.1. The van der Waals surface area contributed by atoms with Crippen LogP contribution < -0.4 is 5.48 Å². The highest BCUT2D eigenvalue weighted by Gasteiger charge is 2.03. The molecule has 0 radical (unpaired) electrons. The number of hydrogen-bond acceptors (Lipinski definition) is 3. The molecule has 16 heavy (non-hydrogen) atoms. The van der Waals surface area contributed by atoms with Crippen LogP contribution in [0.2, 0.25) is 0 Å². The molecule has 0 aromatic heterocycles. The van der Waals surface area contributed by atoms with Gasteiger partial charge in [0.25, 0.3) is 0 Å². The fourth-order valence-corrected chi connectivity index (χ4v) is 1.13. The summed E-state index contributed by atoms with van der Waals surface area (Å²) >= 11 is 0. The predicted octanol–water partition coefficient (Wildman–Crippen LogP) is 2.37. The average Bonchev–Trinajstić information content (AvgIpc) is 2.26. The van der Waals surface area contributed by atoms with Gasteiger partial charge >= 0.3 is 0 Å². The first-order valence-corrected chi connectivity index (χ1v) is 5.16. The molecule has 1 aromatic carbocycles. The van der Waals surface area contributed by atoms with Crippen LogP contribution in [0.15, 0.2) is 18.2 Å². The van der Waals surface area contributed by atoms with E-state index < -0.39 is 0 Å². The van der Waals surface area contributed by atoms with Crippen molar-refractivity contribution in [2.75, 3.05) is 6.61 Å². The minimum absolute atomic E-state index is 0.258. The maximum Gasteiger partial charge on any atom is 0.127 e. The second kappa shape index (κ2) is 6.21. The lowest BCUT2D eigenvalue weighted by molar-refractivity contribution is 0.0191. The van der Waals surface area contributed by atoms with Gasteiger partial charge < -0.3 is 4.84 Å². The van der Waals surface area contributed by atoms with Crippen LogP contribution in [0.25, 0.3) is 0 Å². The third-order valence-corrected chi connectivity index (χ3v) is 1.96. The largest absolute Gasteiger partial charge is 0.301 e. The number of halogens is 1. The summed E-state index contributed by atoms with van der Waals surface area (Å²) in [5.74, 6) is 0.0856. The third-order valence-electron chi connectivity index (χ3n) is 1.96. The van der Waals surface area contributed by atoms with Gasteiger partial charge in [-0.05, 0) is 24.1 Å². The molecule has 0 bridgehead atoms. The second-order valence-corrected chi connectivity index (χ2v) is 3.94. The average molecular weight is 222 g/mol. The maximum atomic E-state index is 13.3. The summed E-state index contributed by atoms with van der Waals surface area (Å²) in [7, 11) is 0. The minimum atomic E-state index is -0.334. The van der Waals surface area contributed by atoms with Crippen molar-refractivity contribution in [1.82, 2.24) is 5.48 Å². The van der Waals surface area contributed by atoms with E-state index >= 15 is 0 Å². The van der Waals surface area contributed by atoms with E-state index in [4.69, 9.17) is 10.1 Å². The quantitative estimate of drug-likeness (QED) is 0.614. The molecule has 0 aliphatic heterocycles. The summed E-state index contributed by atoms with van der Waals surface area (Å²) in [4.78, 5) is 5.13. The van der Waals surface area contributed by atoms with Gasteiger partial charge in [-0.25, -0.2) is 4.39 Å². The van der Waals surface area contributed by atoms with E-state index in [2.05, 4.69) is 5.48 Å². The molecule has 0 amide bonds. The van der Waals surface area contributed by atoms with Gasteiger partial charge in [-0.3, -0.25) is 0 Å². The Kier molecular flexibility index (Phi) is 4.90. The monoisotopic (exact) mass is 222 g/mol. The van der Waals surface area contributed by atoms with Crippen LogP contribution in [0.1, 0.15) is 25.0 Å². The molecule has 4 heteroatoms. The molecule has 3 nitrogen and oxygen atoms in total. The Labute approximate surface area is 94.8 Å². The van der Waals surface area contributed by atoms with Crippen LogP contribution in [-0.4, -0.2) is 6.61 Å². The van der Waals surface area contributed by atoms with E-state index in [1.54, 1.807) is 0 Å². The van der Waals surface area contributed by atoms with Gasteiger partial charge in [-0.2, -0.15) is 10.7 Å². The molecule has 86 valence electrons. The number of rotatable bonds is 5. The van der Waals surface area contributed by atoms with Crippen molar-refractivity contribution < 1.29 is 9.23 Å². The molecular weight excluding hydrogens is 207 g/mol. The molecule has 0 fully saturated rings. The maximum absolute atomic E-state index is 13.3. The Morgan fingerprint density at radius 1 is 1.50 bits per heavy atom. The van der Waals surface area contributed by atoms with E-state index in [1.165, 1.54) is 18.2 Å². The van der Waals surface area contributed by atoms with Crippen molar-refractivity contribution in [2.45, 2.75) is 20.4 Å². The van der Waals surface area contributed by atoms with Crippen molar-refractivity contribution in [3.8, 4) is 6.07 Å². The summed E-state index contributed by atoms with van der Waals surface area (Å²) in [5, 5.41) is 8.67. The number of hydrogen-bond donors (Lipinski definition) is 1. The number of nitrogens with zero attached hydrogens (tertiary/aromatic N) is 1. The highest BCUT2D eigenvalue weighted by molar-refractivity contribution is 5.33. The van der Waals surface area contributed by atoms with Gasteiger partial charge in [0.05, 0.1) is 18.2 Å². The Morgan fingerprint density at radius 3 is 2.88 bits per heavy atom. The molecule has 1 aromatic rings. The number of hydroxylamine groups is 1. The zero-order valence-electron chi connectivity index (χ0n) is 9.46. The lowest BCUT2D eigenvalue weighted by atomic mass is 10.1. The number of nitriles is 1. The van der Waals surface area contributed by atoms with Crippen LogP contribution in [0.4, 0.5) is 4.39 Å². The van der Waals surface area contributed by atoms with Gasteiger partial charge in [0.1, 0.15) is 5.82 Å². The summed E-state index contributed by atoms with van der Waals surface area (Å²) in [5.41, 5.74) is 3.56. The van der Waals surface area contributed by atoms with E-state index in [9.17, 15) is 4.39 Å². The van der Waals surface area contributed by atoms with Gasteiger partial charge in [-0.15, -0.1) is 0 Å². The number of nitrogens with one attached hydrogen (secondary N) is 1. The first kappa shape index (κ1) is 12.6. The van der Waals surface area contributed by atoms with Crippen LogP contribution in [0, 0.1) is 23.1 Å². The van der Waals surface area contributed by atoms with Crippen molar-refractivity contribution in [1.29, 1.82) is 5.26 Å². The summed E-state index contributed by atoms with van der Waals surface area (Å²) < 4.78 is 13.3. The van der Waals surface area contributed by atoms with Crippen LogP contribution in [0.5, 0.6) is 0 Å². The van der Waals surface area contributed by atoms with Crippen LogP contribution in [-0.2, 0) is 11.4 Å². The molecule has 1 rings (SSSR count). The molecule has 0 spiro atoms. The molecular formula is C12H15FN2O. The zero-order valence-corrected chi connectivity index (χ0v) is 9.46. The second-order valence-electron chi connectivity index (χ2n) is 3.94. The Hall–Kier alpha value is -1.44. The number of benzene rings is 1. The van der Waals surface area contributed by atoms with Crippen molar-refractivity contribution in [3.63, 3.8) is 0 Å². The Bertz CT molecular complexity index is 385. The molecule has 0 aliphatic rings. The molecule has 0 unspecified atom stereocenters. The van der Waals surface area contributed by atoms with E-state index in [0.29, 0.717) is 23.7 Å². The SMILES string of the molecule is CC(C)CONCc1cc(C#N)ccc1F. The summed E-state index contributed by atoms with van der Waals surface area (Å²) in [6.45, 7) is 4.88. The van der Waals surface area contributed by atoms with Gasteiger partial charge in [0.2, 0.25) is 0 Å². The van der Waals surface area contributed by atoms with Gasteiger partial charge in [0, 0.05) is 12.1 Å². The molecule has 0 saturated heterocycles. The molecule has 0 atom stereocenters. The normalized spacial score (nSPS) is 10.4. The van der Waals surface area contributed by atoms with E-state index in [0.717, 1.165) is 0 Å². The molecule has 0 aliphatic carbocycles. The third kappa shape index (κ3) is 3.97. The fraction of sp³-hybridized carbons (Fsp3) is 0.417. The highest BCUT2D eigenvalue weighted by Crippen LogP contribution is 2.09. The van der Waals surface area contributed by atoms with Gasteiger partial charge in [0.15, 0.2) is 0 Å². The smallest absolute Gasteiger partial charge is 0.127 e. The fourth-order valence-electron chi connectivity index (χ4n) is 1.13. The Morgan fingerprint density at radius 2 is 2.25 bits per heavy atom. The standard InChI is InChI=1S/C12H15FN2O/c1-9(2)8-16-15-7-11-5-10(6-14)3-4-12(11)13/h3-5,9,15H,7-8H2,1-2H3. The van der Waals surface area contributed by atoms with Crippen LogP contribution in [0.3, 0.4) is 0 Å². The predicted molar refractivity (Wildman–Crippen MR) is 58.7 cm³/mol. The van der Waals surface area contributed by atoms with Crippen molar-refractivity contribution in [2.24, 2.45) is 5.92 Å². The summed E-state index contributed by atoms with van der Waals surface area (Å²) in [6.07, 6.45) is 0. The van der Waals surface area contributed by atoms with Gasteiger partial charge in [-0.1, -0.05) is 13.8 Å². The Balaban J connectivity index is 2.50. The lowest BCUT2D eigenvalue weighted by Crippen LogP contribution is -2.18. The van der Waals surface area contributed by atoms with Crippen molar-refractivity contribution in [3.05, 3.63) is 35.1 Å². The first-order valence-electron chi connectivity index (χ1n) is 5.16. The van der Waals surface area contributed by atoms with Crippen molar-refractivity contribution >= 4 is 0 Å². The van der Waals surface area contributed by atoms with E-state index in [-0.39, 0.29) is 12.4 Å². The zero-order chi connectivity index (χ0) is 12.0. The first-order chi connectivity index (χ1) is 7.63. The minimum Gasteiger partial charge on any atom is -0.301 e. The molecule has 1 N–H and O–H groups in total. The summed E-state index contributed by atoms with van der Waals surface area (Å²) in [6, 6.07) is 6.22. The van der Waals surface area contributed by atoms with E-state index in [1.807, 2.05) is 19.9 Å². The lowest BCUT2D eigenvalue weighted by Gasteiger charge is -2.08. The molecule has 0 heterocycles. The topological polar surface area (TPSA) is 45.0 Å². The molecule has 0 saturated carbocycles.